The predicted octanol–water partition coefficient (Wildman–Crippen LogP) is 8.05. The number of allylic oxidation sites excluding steroid dienone is 11. The van der Waals surface area contributed by atoms with Gasteiger partial charge >= 0.3 is 0 Å². The number of hydrogen-bond donors (Lipinski definition) is 3. The van der Waals surface area contributed by atoms with Crippen molar-refractivity contribution in [2.24, 2.45) is 0 Å². The van der Waals surface area contributed by atoms with Gasteiger partial charge in [-0.2, -0.15) is 0 Å². The average molecular weight is 514 g/mol. The summed E-state index contributed by atoms with van der Waals surface area (Å²) >= 11 is 0. The molecule has 2 unspecified atom stereocenters. The normalized spacial score (nSPS) is 14.4. The molecule has 0 aromatic heterocycles. The fourth-order valence-electron chi connectivity index (χ4n) is 3.64. The maximum atomic E-state index is 12.2. The molecule has 4 nitrogen and oxygen atoms in total. The van der Waals surface area contributed by atoms with Crippen LogP contribution in [0.4, 0.5) is 0 Å². The Morgan fingerprint density at radius 1 is 0.676 bits per heavy atom. The molecule has 0 radical (unpaired) electrons. The molecule has 0 aliphatic heterocycles. The number of rotatable bonds is 24. The molecule has 0 spiro atoms. The molecule has 37 heavy (non-hydrogen) atoms. The van der Waals surface area contributed by atoms with E-state index in [1.165, 1.54) is 12.8 Å². The molecule has 0 aliphatic rings. The van der Waals surface area contributed by atoms with Crippen LogP contribution in [0.5, 0.6) is 0 Å². The molecule has 2 atom stereocenters. The lowest BCUT2D eigenvalue weighted by Crippen LogP contribution is -2.45. The van der Waals surface area contributed by atoms with Gasteiger partial charge in [-0.25, -0.2) is 0 Å². The minimum Gasteiger partial charge on any atom is -0.394 e. The first-order valence-corrected chi connectivity index (χ1v) is 14.7. The topological polar surface area (TPSA) is 69.6 Å². The van der Waals surface area contributed by atoms with Crippen LogP contribution in [0.1, 0.15) is 110 Å². The molecule has 0 saturated heterocycles. The number of carbonyl (C=O) groups is 1. The third-order valence-corrected chi connectivity index (χ3v) is 5.92. The molecule has 210 valence electrons. The number of nitrogens with one attached hydrogen (secondary N) is 1. The van der Waals surface area contributed by atoms with E-state index in [-0.39, 0.29) is 12.5 Å². The van der Waals surface area contributed by atoms with E-state index in [0.717, 1.165) is 77.0 Å². The van der Waals surface area contributed by atoms with Gasteiger partial charge in [-0.05, 0) is 64.2 Å². The van der Waals surface area contributed by atoms with E-state index in [1.54, 1.807) is 6.08 Å². The lowest BCUT2D eigenvalue weighted by Gasteiger charge is -2.19. The van der Waals surface area contributed by atoms with Crippen LogP contribution in [0.2, 0.25) is 0 Å². The van der Waals surface area contributed by atoms with Crippen LogP contribution < -0.4 is 5.32 Å². The minimum atomic E-state index is -0.871. The number of unbranched alkanes of at least 4 members (excludes halogenated alkanes) is 7. The van der Waals surface area contributed by atoms with Crippen molar-refractivity contribution in [3.8, 4) is 0 Å². The van der Waals surface area contributed by atoms with Crippen molar-refractivity contribution in [3.63, 3.8) is 0 Å². The average Bonchev–Trinajstić information content (AvgIpc) is 2.90. The second-order valence-corrected chi connectivity index (χ2v) is 9.42. The molecule has 3 N–H and O–H groups in total. The van der Waals surface area contributed by atoms with Gasteiger partial charge in [0.25, 0.3) is 0 Å². The van der Waals surface area contributed by atoms with Crippen molar-refractivity contribution in [2.45, 2.75) is 122 Å². The summed E-state index contributed by atoms with van der Waals surface area (Å²) < 4.78 is 0. The second kappa shape index (κ2) is 28.4. The monoisotopic (exact) mass is 513 g/mol. The van der Waals surface area contributed by atoms with Gasteiger partial charge in [0.2, 0.25) is 5.91 Å². The van der Waals surface area contributed by atoms with Crippen LogP contribution in [-0.4, -0.2) is 34.9 Å². The Morgan fingerprint density at radius 2 is 1.22 bits per heavy atom. The highest BCUT2D eigenvalue weighted by atomic mass is 16.3. The summed E-state index contributed by atoms with van der Waals surface area (Å²) in [5, 5.41) is 22.6. The van der Waals surface area contributed by atoms with Crippen LogP contribution in [0.3, 0.4) is 0 Å². The Morgan fingerprint density at radius 3 is 1.86 bits per heavy atom. The summed E-state index contributed by atoms with van der Waals surface area (Å²) in [6.45, 7) is 4.06. The lowest BCUT2D eigenvalue weighted by atomic mass is 10.1. The first kappa shape index (κ1) is 34.8. The highest BCUT2D eigenvalue weighted by Crippen LogP contribution is 2.07. The molecule has 0 aromatic rings. The molecular formula is C33H55NO3. The van der Waals surface area contributed by atoms with E-state index < -0.39 is 12.1 Å². The summed E-state index contributed by atoms with van der Waals surface area (Å²) in [5.74, 6) is -0.107. The highest BCUT2D eigenvalue weighted by Gasteiger charge is 2.17. The number of hydrogen-bond acceptors (Lipinski definition) is 3. The van der Waals surface area contributed by atoms with E-state index in [0.29, 0.717) is 6.42 Å². The Balaban J connectivity index is 3.80. The van der Waals surface area contributed by atoms with Crippen molar-refractivity contribution < 1.29 is 15.0 Å². The number of aliphatic hydroxyl groups is 2. The molecule has 0 fully saturated rings. The number of carbonyl (C=O) groups excluding carboxylic acids is 1. The molecule has 0 saturated carbocycles. The molecule has 0 aromatic carbocycles. The van der Waals surface area contributed by atoms with Gasteiger partial charge < -0.3 is 15.5 Å². The van der Waals surface area contributed by atoms with E-state index in [4.69, 9.17) is 0 Å². The van der Waals surface area contributed by atoms with Crippen LogP contribution >= 0.6 is 0 Å². The Labute approximate surface area is 228 Å². The van der Waals surface area contributed by atoms with Crippen molar-refractivity contribution in [1.29, 1.82) is 0 Å². The van der Waals surface area contributed by atoms with Crippen molar-refractivity contribution in [2.75, 3.05) is 6.61 Å². The third-order valence-electron chi connectivity index (χ3n) is 5.92. The first-order valence-electron chi connectivity index (χ1n) is 14.7. The highest BCUT2D eigenvalue weighted by molar-refractivity contribution is 5.76. The fourth-order valence-corrected chi connectivity index (χ4v) is 3.64. The molecule has 0 aliphatic carbocycles. The summed E-state index contributed by atoms with van der Waals surface area (Å²) in [5.41, 5.74) is 0. The van der Waals surface area contributed by atoms with Gasteiger partial charge in [0, 0.05) is 6.42 Å². The van der Waals surface area contributed by atoms with Gasteiger partial charge in [0.05, 0.1) is 18.8 Å². The summed E-state index contributed by atoms with van der Waals surface area (Å²) in [6.07, 6.45) is 39.8. The van der Waals surface area contributed by atoms with Gasteiger partial charge in [-0.1, -0.05) is 112 Å². The van der Waals surface area contributed by atoms with Crippen LogP contribution in [0.15, 0.2) is 72.9 Å². The summed E-state index contributed by atoms with van der Waals surface area (Å²) in [7, 11) is 0. The van der Waals surface area contributed by atoms with Crippen molar-refractivity contribution in [3.05, 3.63) is 72.9 Å². The maximum Gasteiger partial charge on any atom is 0.220 e. The smallest absolute Gasteiger partial charge is 0.220 e. The van der Waals surface area contributed by atoms with E-state index in [2.05, 4.69) is 79.9 Å². The Bertz CT molecular complexity index is 688. The van der Waals surface area contributed by atoms with E-state index >= 15 is 0 Å². The fraction of sp³-hybridized carbons (Fsp3) is 0.606. The SMILES string of the molecule is CC/C=C\C/C=C\C/C=C\C/C=C\CCCCCCC(=O)NC(CO)C(O)/C=C/CC/C=C/CCCC. The number of amides is 1. The lowest BCUT2D eigenvalue weighted by molar-refractivity contribution is -0.123. The third kappa shape index (κ3) is 25.3. The summed E-state index contributed by atoms with van der Waals surface area (Å²) in [6, 6.07) is -0.651. The van der Waals surface area contributed by atoms with Crippen molar-refractivity contribution >= 4 is 5.91 Å². The maximum absolute atomic E-state index is 12.2. The van der Waals surface area contributed by atoms with Gasteiger partial charge in [-0.15, -0.1) is 0 Å². The van der Waals surface area contributed by atoms with E-state index in [1.807, 2.05) is 6.08 Å². The van der Waals surface area contributed by atoms with Gasteiger partial charge in [-0.3, -0.25) is 4.79 Å². The number of aliphatic hydroxyl groups excluding tert-OH is 2. The van der Waals surface area contributed by atoms with Crippen LogP contribution in [0.25, 0.3) is 0 Å². The quantitative estimate of drug-likeness (QED) is 0.0903. The standard InChI is InChI=1S/C33H55NO3/c1-3-5-7-9-11-13-14-15-16-17-18-19-20-21-23-25-27-29-33(37)34-31(30-35)32(36)28-26-24-22-12-10-8-6-4-2/h5,7,10-13,15-16,18-19,26,28,31-32,35-36H,3-4,6,8-9,14,17,20-25,27,29-30H2,1-2H3,(H,34,37)/b7-5-,12-10+,13-11-,16-15-,19-18-,28-26+. The van der Waals surface area contributed by atoms with Crippen LogP contribution in [0, 0.1) is 0 Å². The largest absolute Gasteiger partial charge is 0.394 e. The molecule has 0 bridgehead atoms. The molecular weight excluding hydrogens is 458 g/mol. The van der Waals surface area contributed by atoms with Gasteiger partial charge in [0.1, 0.15) is 0 Å². The Hall–Kier alpha value is -2.17. The summed E-state index contributed by atoms with van der Waals surface area (Å²) in [4.78, 5) is 12.2. The molecule has 0 heterocycles. The van der Waals surface area contributed by atoms with Crippen molar-refractivity contribution in [1.82, 2.24) is 5.32 Å². The van der Waals surface area contributed by atoms with Gasteiger partial charge in [0.15, 0.2) is 0 Å². The molecule has 0 rings (SSSR count). The molecule has 4 heteroatoms. The second-order valence-electron chi connectivity index (χ2n) is 9.42. The molecule has 1 amide bonds. The zero-order valence-electron chi connectivity index (χ0n) is 23.7. The van der Waals surface area contributed by atoms with E-state index in [9.17, 15) is 15.0 Å². The zero-order valence-corrected chi connectivity index (χ0v) is 23.7. The zero-order chi connectivity index (χ0) is 27.2. The minimum absolute atomic E-state index is 0.107. The van der Waals surface area contributed by atoms with Crippen LogP contribution in [-0.2, 0) is 4.79 Å². The first-order chi connectivity index (χ1) is 18.2. The predicted molar refractivity (Wildman–Crippen MR) is 160 cm³/mol. The Kier molecular flexibility index (Phi) is 26.7.